The van der Waals surface area contributed by atoms with Crippen LogP contribution in [0.1, 0.15) is 24.1 Å². The molecule has 0 radical (unpaired) electrons. The Morgan fingerprint density at radius 1 is 1.53 bits per heavy atom. The maximum atomic E-state index is 10.7. The lowest BCUT2D eigenvalue weighted by Crippen LogP contribution is -2.28. The van der Waals surface area contributed by atoms with Crippen LogP contribution in [0.25, 0.3) is 0 Å². The van der Waals surface area contributed by atoms with Crippen molar-refractivity contribution in [3.63, 3.8) is 0 Å². The minimum Gasteiger partial charge on any atom is -0.496 e. The minimum atomic E-state index is -0.828. The van der Waals surface area contributed by atoms with E-state index in [1.807, 2.05) is 32.0 Å². The fourth-order valence-corrected chi connectivity index (χ4v) is 1.77. The molecule has 1 rings (SSSR count). The second-order valence-corrected chi connectivity index (χ2v) is 4.23. The molecule has 0 aliphatic rings. The van der Waals surface area contributed by atoms with Gasteiger partial charge < -0.3 is 9.84 Å². The van der Waals surface area contributed by atoms with Gasteiger partial charge in [0.1, 0.15) is 5.75 Å². The Bertz CT molecular complexity index is 404. The third-order valence-electron chi connectivity index (χ3n) is 2.88. The number of hydrogen-bond donors (Lipinski definition) is 1. The van der Waals surface area contributed by atoms with Crippen LogP contribution >= 0.6 is 0 Å². The fraction of sp³-hybridized carbons (Fsp3) is 0.462. The Kier molecular flexibility index (Phi) is 4.52. The lowest BCUT2D eigenvalue weighted by Gasteiger charge is -2.25. The highest BCUT2D eigenvalue weighted by molar-refractivity contribution is 5.69. The van der Waals surface area contributed by atoms with Gasteiger partial charge in [0.25, 0.3) is 0 Å². The van der Waals surface area contributed by atoms with Gasteiger partial charge in [-0.2, -0.15) is 0 Å². The number of rotatable bonds is 5. The van der Waals surface area contributed by atoms with Gasteiger partial charge in [-0.25, -0.2) is 0 Å². The Labute approximate surface area is 102 Å². The van der Waals surface area contributed by atoms with E-state index in [0.717, 1.165) is 16.9 Å². The van der Waals surface area contributed by atoms with E-state index in [0.29, 0.717) is 0 Å². The summed E-state index contributed by atoms with van der Waals surface area (Å²) in [5, 5.41) is 8.79. The van der Waals surface area contributed by atoms with Crippen molar-refractivity contribution >= 4 is 5.97 Å². The molecule has 1 unspecified atom stereocenters. The molecule has 94 valence electrons. The molecule has 17 heavy (non-hydrogen) atoms. The molecule has 0 heterocycles. The lowest BCUT2D eigenvalue weighted by molar-refractivity contribution is -0.138. The predicted molar refractivity (Wildman–Crippen MR) is 66.4 cm³/mol. The summed E-state index contributed by atoms with van der Waals surface area (Å²) in [5.74, 6) is -0.0358. The second kappa shape index (κ2) is 5.68. The molecule has 0 fully saturated rings. The first-order valence-electron chi connectivity index (χ1n) is 5.52. The topological polar surface area (TPSA) is 49.8 Å². The van der Waals surface area contributed by atoms with Gasteiger partial charge in [0.15, 0.2) is 0 Å². The zero-order chi connectivity index (χ0) is 13.0. The first-order valence-corrected chi connectivity index (χ1v) is 5.52. The molecule has 1 atom stereocenters. The van der Waals surface area contributed by atoms with Gasteiger partial charge in [-0.05, 0) is 27.0 Å². The van der Waals surface area contributed by atoms with E-state index in [-0.39, 0.29) is 12.6 Å². The van der Waals surface area contributed by atoms with Gasteiger partial charge in [0.05, 0.1) is 13.7 Å². The highest BCUT2D eigenvalue weighted by atomic mass is 16.5. The standard InChI is InChI=1S/C13H19NO3/c1-9-5-6-12(17-4)11(7-9)10(2)14(3)8-13(15)16/h5-7,10H,8H2,1-4H3,(H,15,16). The van der Waals surface area contributed by atoms with Crippen LogP contribution in [0.5, 0.6) is 5.75 Å². The van der Waals surface area contributed by atoms with Crippen LogP contribution in [-0.2, 0) is 4.79 Å². The number of carboxylic acids is 1. The third-order valence-corrected chi connectivity index (χ3v) is 2.88. The number of hydrogen-bond acceptors (Lipinski definition) is 3. The molecule has 0 bridgehead atoms. The van der Waals surface area contributed by atoms with Gasteiger partial charge >= 0.3 is 5.97 Å². The van der Waals surface area contributed by atoms with Crippen molar-refractivity contribution in [3.8, 4) is 5.75 Å². The summed E-state index contributed by atoms with van der Waals surface area (Å²) in [6.45, 7) is 3.99. The smallest absolute Gasteiger partial charge is 0.317 e. The van der Waals surface area contributed by atoms with E-state index in [2.05, 4.69) is 0 Å². The Morgan fingerprint density at radius 3 is 2.71 bits per heavy atom. The van der Waals surface area contributed by atoms with E-state index in [1.165, 1.54) is 0 Å². The van der Waals surface area contributed by atoms with Crippen LogP contribution in [0, 0.1) is 6.92 Å². The van der Waals surface area contributed by atoms with Crippen LogP contribution in [0.4, 0.5) is 0 Å². The molecule has 4 heteroatoms. The van der Waals surface area contributed by atoms with Crippen molar-refractivity contribution < 1.29 is 14.6 Å². The summed E-state index contributed by atoms with van der Waals surface area (Å²) < 4.78 is 5.30. The quantitative estimate of drug-likeness (QED) is 0.851. The molecule has 0 saturated heterocycles. The SMILES string of the molecule is COc1ccc(C)cc1C(C)N(C)CC(=O)O. The van der Waals surface area contributed by atoms with Gasteiger partial charge in [0.2, 0.25) is 0 Å². The van der Waals surface area contributed by atoms with E-state index in [4.69, 9.17) is 9.84 Å². The largest absolute Gasteiger partial charge is 0.496 e. The van der Waals surface area contributed by atoms with Crippen molar-refractivity contribution in [1.82, 2.24) is 4.90 Å². The van der Waals surface area contributed by atoms with Crippen molar-refractivity contribution in [3.05, 3.63) is 29.3 Å². The third kappa shape index (κ3) is 3.46. The molecule has 0 aliphatic heterocycles. The molecule has 0 amide bonds. The average molecular weight is 237 g/mol. The summed E-state index contributed by atoms with van der Waals surface area (Å²) in [6, 6.07) is 5.92. The first kappa shape index (κ1) is 13.5. The Balaban J connectivity index is 2.97. The molecule has 4 nitrogen and oxygen atoms in total. The van der Waals surface area contributed by atoms with E-state index in [1.54, 1.807) is 19.1 Å². The molecule has 1 aromatic carbocycles. The number of carbonyl (C=O) groups is 1. The number of nitrogens with zero attached hydrogens (tertiary/aromatic N) is 1. The Hall–Kier alpha value is -1.55. The molecule has 1 N–H and O–H groups in total. The van der Waals surface area contributed by atoms with Crippen LogP contribution in [0.2, 0.25) is 0 Å². The maximum absolute atomic E-state index is 10.7. The van der Waals surface area contributed by atoms with Crippen molar-refractivity contribution in [2.24, 2.45) is 0 Å². The van der Waals surface area contributed by atoms with Crippen molar-refractivity contribution in [2.75, 3.05) is 20.7 Å². The number of aryl methyl sites for hydroxylation is 1. The number of aliphatic carboxylic acids is 1. The fourth-order valence-electron chi connectivity index (χ4n) is 1.77. The van der Waals surface area contributed by atoms with Gasteiger partial charge in [-0.3, -0.25) is 9.69 Å². The van der Waals surface area contributed by atoms with E-state index < -0.39 is 5.97 Å². The van der Waals surface area contributed by atoms with Crippen LogP contribution in [0.3, 0.4) is 0 Å². The van der Waals surface area contributed by atoms with Gasteiger partial charge in [-0.1, -0.05) is 17.7 Å². The number of ether oxygens (including phenoxy) is 1. The molecule has 0 aromatic heterocycles. The lowest BCUT2D eigenvalue weighted by atomic mass is 10.0. The molecular weight excluding hydrogens is 218 g/mol. The molecule has 1 aromatic rings. The highest BCUT2D eigenvalue weighted by Crippen LogP contribution is 2.29. The summed E-state index contributed by atoms with van der Waals surface area (Å²) >= 11 is 0. The Morgan fingerprint density at radius 2 is 2.18 bits per heavy atom. The maximum Gasteiger partial charge on any atom is 0.317 e. The molecule has 0 spiro atoms. The van der Waals surface area contributed by atoms with Gasteiger partial charge in [0, 0.05) is 11.6 Å². The molecule has 0 saturated carbocycles. The summed E-state index contributed by atoms with van der Waals surface area (Å²) in [6.07, 6.45) is 0. The van der Waals surface area contributed by atoms with Gasteiger partial charge in [-0.15, -0.1) is 0 Å². The zero-order valence-corrected chi connectivity index (χ0v) is 10.7. The number of likely N-dealkylation sites (N-methyl/N-ethyl adjacent to an activating group) is 1. The minimum absolute atomic E-state index is 0.000880. The summed E-state index contributed by atoms with van der Waals surface area (Å²) in [7, 11) is 3.42. The normalized spacial score (nSPS) is 12.5. The average Bonchev–Trinajstić information content (AvgIpc) is 2.27. The summed E-state index contributed by atoms with van der Waals surface area (Å²) in [4.78, 5) is 12.5. The number of methoxy groups -OCH3 is 1. The number of carboxylic acid groups (broad SMARTS) is 1. The highest BCUT2D eigenvalue weighted by Gasteiger charge is 2.17. The van der Waals surface area contributed by atoms with E-state index >= 15 is 0 Å². The first-order chi connectivity index (χ1) is 7.95. The molecule has 0 aliphatic carbocycles. The van der Waals surface area contributed by atoms with Crippen molar-refractivity contribution in [1.29, 1.82) is 0 Å². The van der Waals surface area contributed by atoms with Crippen LogP contribution in [0.15, 0.2) is 18.2 Å². The van der Waals surface area contributed by atoms with E-state index in [9.17, 15) is 4.79 Å². The summed E-state index contributed by atoms with van der Waals surface area (Å²) in [5.41, 5.74) is 2.15. The second-order valence-electron chi connectivity index (χ2n) is 4.23. The number of benzene rings is 1. The molecular formula is C13H19NO3. The zero-order valence-electron chi connectivity index (χ0n) is 10.7. The van der Waals surface area contributed by atoms with Crippen LogP contribution < -0.4 is 4.74 Å². The predicted octanol–water partition coefficient (Wildman–Crippen LogP) is 2.08. The van der Waals surface area contributed by atoms with Crippen LogP contribution in [-0.4, -0.2) is 36.7 Å². The van der Waals surface area contributed by atoms with Crippen molar-refractivity contribution in [2.45, 2.75) is 19.9 Å². The monoisotopic (exact) mass is 237 g/mol.